The molecule has 24 heavy (non-hydrogen) atoms. The first-order valence-electron chi connectivity index (χ1n) is 7.61. The van der Waals surface area contributed by atoms with Crippen molar-refractivity contribution in [3.8, 4) is 11.4 Å². The minimum absolute atomic E-state index is 0.372. The van der Waals surface area contributed by atoms with Crippen LogP contribution in [0.1, 0.15) is 17.0 Å². The van der Waals surface area contributed by atoms with E-state index in [0.717, 1.165) is 16.8 Å². The molecule has 2 N–H and O–H groups in total. The monoisotopic (exact) mass is 338 g/mol. The van der Waals surface area contributed by atoms with Crippen molar-refractivity contribution in [2.45, 2.75) is 20.4 Å². The number of thiocarbonyl (C=S) groups is 1. The van der Waals surface area contributed by atoms with E-state index in [9.17, 15) is 0 Å². The summed E-state index contributed by atoms with van der Waals surface area (Å²) >= 11 is 5.27. The van der Waals surface area contributed by atoms with E-state index < -0.39 is 0 Å². The molecule has 6 heteroatoms. The second-order valence-electron chi connectivity index (χ2n) is 5.55. The van der Waals surface area contributed by atoms with Crippen LogP contribution in [0.25, 0.3) is 11.4 Å². The number of aryl methyl sites for hydroxylation is 2. The zero-order valence-electron chi connectivity index (χ0n) is 13.5. The van der Waals surface area contributed by atoms with Gasteiger partial charge in [0.25, 0.3) is 0 Å². The molecule has 3 rings (SSSR count). The summed E-state index contributed by atoms with van der Waals surface area (Å²) in [5.41, 5.74) is 4.23. The van der Waals surface area contributed by atoms with Gasteiger partial charge in [-0.3, -0.25) is 0 Å². The molecule has 0 radical (unpaired) electrons. The zero-order valence-corrected chi connectivity index (χ0v) is 14.4. The van der Waals surface area contributed by atoms with Gasteiger partial charge in [0, 0.05) is 11.3 Å². The van der Waals surface area contributed by atoms with Crippen molar-refractivity contribution in [1.29, 1.82) is 0 Å². The molecule has 0 bridgehead atoms. The SMILES string of the molecule is Cc1ccc(NC(=S)NCc2nc(-c3cccc(C)c3)no2)cc1. The maximum atomic E-state index is 5.27. The van der Waals surface area contributed by atoms with E-state index in [1.165, 1.54) is 5.56 Å². The molecule has 0 saturated carbocycles. The third-order valence-corrected chi connectivity index (χ3v) is 3.70. The highest BCUT2D eigenvalue weighted by Gasteiger charge is 2.09. The molecule has 0 fully saturated rings. The number of rotatable bonds is 4. The molecule has 0 saturated heterocycles. The summed E-state index contributed by atoms with van der Waals surface area (Å²) in [6.07, 6.45) is 0. The third kappa shape index (κ3) is 4.17. The van der Waals surface area contributed by atoms with Crippen molar-refractivity contribution >= 4 is 23.0 Å². The topological polar surface area (TPSA) is 63.0 Å². The number of anilines is 1. The first kappa shape index (κ1) is 16.1. The van der Waals surface area contributed by atoms with Crippen LogP contribution >= 0.6 is 12.2 Å². The Kier molecular flexibility index (Phi) is 4.86. The molecule has 122 valence electrons. The van der Waals surface area contributed by atoms with Crippen LogP contribution in [0.4, 0.5) is 5.69 Å². The Morgan fingerprint density at radius 3 is 2.62 bits per heavy atom. The Labute approximate surface area is 146 Å². The molecule has 1 aromatic heterocycles. The van der Waals surface area contributed by atoms with Gasteiger partial charge in [-0.05, 0) is 44.3 Å². The van der Waals surface area contributed by atoms with Crippen molar-refractivity contribution in [1.82, 2.24) is 15.5 Å². The summed E-state index contributed by atoms with van der Waals surface area (Å²) in [7, 11) is 0. The molecule has 0 aliphatic rings. The van der Waals surface area contributed by atoms with Crippen molar-refractivity contribution < 1.29 is 4.52 Å². The van der Waals surface area contributed by atoms with Gasteiger partial charge in [0.15, 0.2) is 5.11 Å². The summed E-state index contributed by atoms with van der Waals surface area (Å²) in [6, 6.07) is 16.0. The highest BCUT2D eigenvalue weighted by molar-refractivity contribution is 7.80. The van der Waals surface area contributed by atoms with Crippen molar-refractivity contribution in [2.75, 3.05) is 5.32 Å². The van der Waals surface area contributed by atoms with Crippen LogP contribution in [0.15, 0.2) is 53.1 Å². The second kappa shape index (κ2) is 7.23. The Morgan fingerprint density at radius 2 is 1.88 bits per heavy atom. The van der Waals surface area contributed by atoms with E-state index in [1.54, 1.807) is 0 Å². The molecular formula is C18H18N4OS. The van der Waals surface area contributed by atoms with E-state index in [-0.39, 0.29) is 0 Å². The summed E-state index contributed by atoms with van der Waals surface area (Å²) in [5.74, 6) is 1.06. The maximum absolute atomic E-state index is 5.27. The molecule has 0 unspecified atom stereocenters. The average Bonchev–Trinajstić information content (AvgIpc) is 3.04. The van der Waals surface area contributed by atoms with Gasteiger partial charge < -0.3 is 15.2 Å². The van der Waals surface area contributed by atoms with Gasteiger partial charge in [-0.2, -0.15) is 4.98 Å². The molecule has 0 spiro atoms. The van der Waals surface area contributed by atoms with Gasteiger partial charge in [-0.25, -0.2) is 0 Å². The van der Waals surface area contributed by atoms with Crippen LogP contribution in [0.2, 0.25) is 0 Å². The minimum atomic E-state index is 0.372. The standard InChI is InChI=1S/C18H18N4OS/c1-12-6-8-15(9-7-12)20-18(24)19-11-16-21-17(22-23-16)14-5-3-4-13(2)10-14/h3-10H,11H2,1-2H3,(H2,19,20,24). The average molecular weight is 338 g/mol. The number of hydrogen-bond donors (Lipinski definition) is 2. The smallest absolute Gasteiger partial charge is 0.246 e. The molecule has 0 atom stereocenters. The fourth-order valence-electron chi connectivity index (χ4n) is 2.20. The Balaban J connectivity index is 1.57. The second-order valence-corrected chi connectivity index (χ2v) is 5.96. The molecule has 5 nitrogen and oxygen atoms in total. The largest absolute Gasteiger partial charge is 0.353 e. The van der Waals surface area contributed by atoms with Gasteiger partial charge in [0.2, 0.25) is 11.7 Å². The number of nitrogens with zero attached hydrogens (tertiary/aromatic N) is 2. The van der Waals surface area contributed by atoms with Crippen molar-refractivity contribution in [3.63, 3.8) is 0 Å². The fraction of sp³-hybridized carbons (Fsp3) is 0.167. The van der Waals surface area contributed by atoms with Crippen LogP contribution in [-0.4, -0.2) is 15.3 Å². The fourth-order valence-corrected chi connectivity index (χ4v) is 2.39. The van der Waals surface area contributed by atoms with Crippen LogP contribution in [-0.2, 0) is 6.54 Å². The molecule has 0 aliphatic carbocycles. The molecule has 3 aromatic rings. The Morgan fingerprint density at radius 1 is 1.08 bits per heavy atom. The molecule has 0 amide bonds. The summed E-state index contributed by atoms with van der Waals surface area (Å²) < 4.78 is 5.26. The van der Waals surface area contributed by atoms with E-state index in [2.05, 4.69) is 20.8 Å². The predicted octanol–water partition coefficient (Wildman–Crippen LogP) is 3.84. The first-order valence-corrected chi connectivity index (χ1v) is 8.02. The first-order chi connectivity index (χ1) is 11.6. The summed E-state index contributed by atoms with van der Waals surface area (Å²) in [5, 5.41) is 10.7. The summed E-state index contributed by atoms with van der Waals surface area (Å²) in [4.78, 5) is 4.38. The van der Waals surface area contributed by atoms with E-state index >= 15 is 0 Å². The maximum Gasteiger partial charge on any atom is 0.246 e. The number of benzene rings is 2. The van der Waals surface area contributed by atoms with Gasteiger partial charge in [-0.15, -0.1) is 0 Å². The third-order valence-electron chi connectivity index (χ3n) is 3.45. The van der Waals surface area contributed by atoms with Gasteiger partial charge in [-0.1, -0.05) is 46.6 Å². The number of hydrogen-bond acceptors (Lipinski definition) is 4. The van der Waals surface area contributed by atoms with Gasteiger partial charge in [0.05, 0.1) is 6.54 Å². The van der Waals surface area contributed by atoms with E-state index in [4.69, 9.17) is 16.7 Å². The lowest BCUT2D eigenvalue weighted by molar-refractivity contribution is 0.376. The zero-order chi connectivity index (χ0) is 16.9. The summed E-state index contributed by atoms with van der Waals surface area (Å²) in [6.45, 7) is 4.44. The molecule has 2 aromatic carbocycles. The number of aromatic nitrogens is 2. The minimum Gasteiger partial charge on any atom is -0.353 e. The lowest BCUT2D eigenvalue weighted by Gasteiger charge is -2.08. The molecular weight excluding hydrogens is 320 g/mol. The molecule has 1 heterocycles. The Hall–Kier alpha value is -2.73. The molecule has 0 aliphatic heterocycles. The normalized spacial score (nSPS) is 10.4. The quantitative estimate of drug-likeness (QED) is 0.705. The van der Waals surface area contributed by atoms with Crippen LogP contribution in [0.5, 0.6) is 0 Å². The van der Waals surface area contributed by atoms with Crippen LogP contribution in [0, 0.1) is 13.8 Å². The van der Waals surface area contributed by atoms with Gasteiger partial charge >= 0.3 is 0 Å². The predicted molar refractivity (Wildman–Crippen MR) is 98.7 cm³/mol. The highest BCUT2D eigenvalue weighted by atomic mass is 32.1. The number of nitrogens with one attached hydrogen (secondary N) is 2. The van der Waals surface area contributed by atoms with Crippen LogP contribution in [0.3, 0.4) is 0 Å². The van der Waals surface area contributed by atoms with E-state index in [1.807, 2.05) is 62.4 Å². The van der Waals surface area contributed by atoms with Crippen molar-refractivity contribution in [3.05, 3.63) is 65.5 Å². The lowest BCUT2D eigenvalue weighted by atomic mass is 10.1. The van der Waals surface area contributed by atoms with Crippen molar-refractivity contribution in [2.24, 2.45) is 0 Å². The highest BCUT2D eigenvalue weighted by Crippen LogP contribution is 2.16. The lowest BCUT2D eigenvalue weighted by Crippen LogP contribution is -2.27. The van der Waals surface area contributed by atoms with E-state index in [0.29, 0.717) is 23.4 Å². The van der Waals surface area contributed by atoms with Crippen LogP contribution < -0.4 is 10.6 Å². The van der Waals surface area contributed by atoms with Gasteiger partial charge in [0.1, 0.15) is 0 Å². The Bertz CT molecular complexity index is 842.